The lowest BCUT2D eigenvalue weighted by Gasteiger charge is -2.19. The normalized spacial score (nSPS) is 10.5. The van der Waals surface area contributed by atoms with E-state index >= 15 is 0 Å². The van der Waals surface area contributed by atoms with Gasteiger partial charge in [-0.1, -0.05) is 38.0 Å². The summed E-state index contributed by atoms with van der Waals surface area (Å²) in [5, 5.41) is 0. The summed E-state index contributed by atoms with van der Waals surface area (Å²) in [5.41, 5.74) is 6.39. The van der Waals surface area contributed by atoms with Crippen LogP contribution in [0.15, 0.2) is 56.4 Å². The summed E-state index contributed by atoms with van der Waals surface area (Å²) in [6, 6.07) is 8.01. The van der Waals surface area contributed by atoms with Crippen LogP contribution in [-0.2, 0) is 0 Å². The first-order valence-electron chi connectivity index (χ1n) is 7.81. The number of methoxy groups -OCH3 is 2. The lowest BCUT2D eigenvalue weighted by atomic mass is 9.89. The molecule has 126 valence electrons. The molecular formula is C21H20N2O2. The van der Waals surface area contributed by atoms with Gasteiger partial charge in [-0.15, -0.1) is 0 Å². The number of aromatic amines is 1. The molecule has 1 N–H and O–H groups in total. The molecule has 0 aliphatic rings. The van der Waals surface area contributed by atoms with Crippen LogP contribution in [0.4, 0.5) is 0 Å². The van der Waals surface area contributed by atoms with Gasteiger partial charge in [-0.2, -0.15) is 0 Å². The number of allylic oxidation sites excluding steroid dienone is 2. The number of hydrogen-bond acceptors (Lipinski definition) is 3. The second kappa shape index (κ2) is 6.69. The molecule has 0 spiro atoms. The monoisotopic (exact) mass is 332 g/mol. The highest BCUT2D eigenvalue weighted by Gasteiger charge is 2.20. The standard InChI is InChI=1S/C21H20N2O2/c1-6-13(3)20-15(7-2)21(25-5)19(24-4)11-16(20)14-8-9-17-18(10-14)23-12-22-17/h6-12H,1-3H2,4-5H3,(H,22,23). The predicted molar refractivity (Wildman–Crippen MR) is 104 cm³/mol. The molecule has 0 atom stereocenters. The van der Waals surface area contributed by atoms with E-state index in [-0.39, 0.29) is 0 Å². The number of fused-ring (bicyclic) bond motifs is 1. The molecule has 2 aromatic carbocycles. The first-order valence-corrected chi connectivity index (χ1v) is 7.81. The zero-order valence-electron chi connectivity index (χ0n) is 14.4. The topological polar surface area (TPSA) is 47.1 Å². The van der Waals surface area contributed by atoms with Crippen molar-refractivity contribution in [2.75, 3.05) is 14.2 Å². The summed E-state index contributed by atoms with van der Waals surface area (Å²) in [6.45, 7) is 11.9. The Balaban J connectivity index is 2.38. The Morgan fingerprint density at radius 3 is 2.60 bits per heavy atom. The molecule has 1 heterocycles. The summed E-state index contributed by atoms with van der Waals surface area (Å²) in [4.78, 5) is 7.41. The fourth-order valence-electron chi connectivity index (χ4n) is 3.00. The molecule has 0 fully saturated rings. The van der Waals surface area contributed by atoms with Crippen molar-refractivity contribution >= 4 is 22.7 Å². The number of benzene rings is 2. The average Bonchev–Trinajstić information content (AvgIpc) is 3.13. The van der Waals surface area contributed by atoms with Crippen molar-refractivity contribution < 1.29 is 9.47 Å². The Labute approximate surface area is 147 Å². The molecule has 0 aliphatic carbocycles. The van der Waals surface area contributed by atoms with Gasteiger partial charge >= 0.3 is 0 Å². The third kappa shape index (κ3) is 2.72. The van der Waals surface area contributed by atoms with Crippen molar-refractivity contribution in [2.24, 2.45) is 0 Å². The third-order valence-electron chi connectivity index (χ3n) is 4.21. The van der Waals surface area contributed by atoms with Crippen LogP contribution in [0.2, 0.25) is 0 Å². The summed E-state index contributed by atoms with van der Waals surface area (Å²) >= 11 is 0. The minimum Gasteiger partial charge on any atom is -0.493 e. The number of hydrogen-bond donors (Lipinski definition) is 1. The summed E-state index contributed by atoms with van der Waals surface area (Å²) in [6.07, 6.45) is 5.16. The van der Waals surface area contributed by atoms with Gasteiger partial charge in [-0.25, -0.2) is 4.98 Å². The molecule has 4 heteroatoms. The Morgan fingerprint density at radius 2 is 1.96 bits per heavy atom. The highest BCUT2D eigenvalue weighted by atomic mass is 16.5. The van der Waals surface area contributed by atoms with Crippen molar-refractivity contribution in [3.63, 3.8) is 0 Å². The maximum atomic E-state index is 5.55. The maximum Gasteiger partial charge on any atom is 0.168 e. The molecule has 3 aromatic rings. The van der Waals surface area contributed by atoms with Gasteiger partial charge in [-0.05, 0) is 34.9 Å². The number of ether oxygens (including phenoxy) is 2. The quantitative estimate of drug-likeness (QED) is 0.640. The van der Waals surface area contributed by atoms with Crippen LogP contribution < -0.4 is 9.47 Å². The predicted octanol–water partition coefficient (Wildman–Crippen LogP) is 5.09. The number of H-pyrrole nitrogens is 1. The zero-order valence-corrected chi connectivity index (χ0v) is 14.4. The van der Waals surface area contributed by atoms with E-state index in [9.17, 15) is 0 Å². The fourth-order valence-corrected chi connectivity index (χ4v) is 3.00. The van der Waals surface area contributed by atoms with Crippen LogP contribution in [0.5, 0.6) is 11.5 Å². The minimum absolute atomic E-state index is 0.627. The number of aromatic nitrogens is 2. The molecule has 0 amide bonds. The molecule has 0 bridgehead atoms. The smallest absolute Gasteiger partial charge is 0.168 e. The second-order valence-corrected chi connectivity index (χ2v) is 5.52. The van der Waals surface area contributed by atoms with Crippen LogP contribution in [0.1, 0.15) is 11.1 Å². The third-order valence-corrected chi connectivity index (χ3v) is 4.21. The van der Waals surface area contributed by atoms with E-state index in [1.54, 1.807) is 32.7 Å². The van der Waals surface area contributed by atoms with E-state index in [2.05, 4.69) is 35.8 Å². The largest absolute Gasteiger partial charge is 0.493 e. The average molecular weight is 332 g/mol. The number of nitrogens with one attached hydrogen (secondary N) is 1. The molecule has 25 heavy (non-hydrogen) atoms. The second-order valence-electron chi connectivity index (χ2n) is 5.52. The SMILES string of the molecule is C=CC(=C)c1c(-c2ccc3nc[nH]c3c2)cc(OC)c(OC)c1C=C. The summed E-state index contributed by atoms with van der Waals surface area (Å²) in [7, 11) is 3.23. The van der Waals surface area contributed by atoms with Crippen LogP contribution in [0.25, 0.3) is 33.8 Å². The molecule has 0 unspecified atom stereocenters. The van der Waals surface area contributed by atoms with Crippen LogP contribution in [-0.4, -0.2) is 24.2 Å². The molecule has 4 nitrogen and oxygen atoms in total. The Hall–Kier alpha value is -3.27. The molecule has 0 saturated carbocycles. The lowest BCUT2D eigenvalue weighted by molar-refractivity contribution is 0.354. The lowest BCUT2D eigenvalue weighted by Crippen LogP contribution is -2.00. The van der Waals surface area contributed by atoms with Gasteiger partial charge in [0.1, 0.15) is 0 Å². The van der Waals surface area contributed by atoms with Gasteiger partial charge in [0.2, 0.25) is 0 Å². The van der Waals surface area contributed by atoms with E-state index in [1.807, 2.05) is 18.2 Å². The minimum atomic E-state index is 0.627. The Bertz CT molecular complexity index is 983. The molecule has 0 aliphatic heterocycles. The number of rotatable bonds is 6. The van der Waals surface area contributed by atoms with Gasteiger partial charge in [0.25, 0.3) is 0 Å². The van der Waals surface area contributed by atoms with Gasteiger partial charge in [-0.3, -0.25) is 0 Å². The van der Waals surface area contributed by atoms with Crippen molar-refractivity contribution in [3.8, 4) is 22.6 Å². The van der Waals surface area contributed by atoms with Crippen molar-refractivity contribution in [2.45, 2.75) is 0 Å². The van der Waals surface area contributed by atoms with E-state index in [4.69, 9.17) is 9.47 Å². The van der Waals surface area contributed by atoms with Crippen molar-refractivity contribution in [1.82, 2.24) is 9.97 Å². The fraction of sp³-hybridized carbons (Fsp3) is 0.0952. The van der Waals surface area contributed by atoms with Gasteiger partial charge < -0.3 is 14.5 Å². The van der Waals surface area contributed by atoms with Gasteiger partial charge in [0.05, 0.1) is 31.6 Å². The van der Waals surface area contributed by atoms with E-state index in [0.29, 0.717) is 11.5 Å². The highest BCUT2D eigenvalue weighted by Crippen LogP contribution is 2.43. The summed E-state index contributed by atoms with van der Waals surface area (Å²) in [5.74, 6) is 1.26. The van der Waals surface area contributed by atoms with Crippen LogP contribution in [0, 0.1) is 0 Å². The van der Waals surface area contributed by atoms with Crippen molar-refractivity contribution in [3.05, 3.63) is 67.5 Å². The number of imidazole rings is 1. The molecule has 3 rings (SSSR count). The van der Waals surface area contributed by atoms with E-state index < -0.39 is 0 Å². The van der Waals surface area contributed by atoms with Crippen molar-refractivity contribution in [1.29, 1.82) is 0 Å². The Morgan fingerprint density at radius 1 is 1.16 bits per heavy atom. The molecule has 0 radical (unpaired) electrons. The van der Waals surface area contributed by atoms with E-state index in [1.165, 1.54) is 0 Å². The Kier molecular flexibility index (Phi) is 4.44. The molecule has 0 saturated heterocycles. The van der Waals surface area contributed by atoms with Crippen LogP contribution in [0.3, 0.4) is 0 Å². The molecule has 1 aromatic heterocycles. The first kappa shape index (κ1) is 16.6. The molecular weight excluding hydrogens is 312 g/mol. The first-order chi connectivity index (χ1) is 12.1. The van der Waals surface area contributed by atoms with Gasteiger partial charge in [0, 0.05) is 11.1 Å². The summed E-state index contributed by atoms with van der Waals surface area (Å²) < 4.78 is 11.1. The highest BCUT2D eigenvalue weighted by molar-refractivity contribution is 5.94. The maximum absolute atomic E-state index is 5.55. The van der Waals surface area contributed by atoms with E-state index in [0.717, 1.165) is 38.9 Å². The van der Waals surface area contributed by atoms with Crippen LogP contribution >= 0.6 is 0 Å². The zero-order chi connectivity index (χ0) is 18.0. The van der Waals surface area contributed by atoms with Gasteiger partial charge in [0.15, 0.2) is 11.5 Å². The number of nitrogens with zero attached hydrogens (tertiary/aromatic N) is 1.